The Balaban J connectivity index is 1.66. The van der Waals surface area contributed by atoms with Gasteiger partial charge in [-0.3, -0.25) is 0 Å². The maximum atomic E-state index is 10.6. The van der Waals surface area contributed by atoms with Gasteiger partial charge in [-0.15, -0.1) is 0 Å². The van der Waals surface area contributed by atoms with E-state index in [0.29, 0.717) is 29.8 Å². The van der Waals surface area contributed by atoms with Gasteiger partial charge in [0, 0.05) is 5.92 Å². The third kappa shape index (κ3) is 2.22. The number of hydrogen-bond acceptors (Lipinski definition) is 3. The van der Waals surface area contributed by atoms with Crippen molar-refractivity contribution >= 4 is 0 Å². The molecule has 1 heterocycles. The molecule has 0 amide bonds. The second kappa shape index (κ2) is 4.69. The molecule has 1 aliphatic heterocycles. The molecule has 2 bridgehead atoms. The van der Waals surface area contributed by atoms with Crippen LogP contribution in [-0.2, 0) is 9.47 Å². The van der Waals surface area contributed by atoms with Crippen LogP contribution >= 0.6 is 0 Å². The van der Waals surface area contributed by atoms with Gasteiger partial charge in [-0.05, 0) is 49.4 Å². The van der Waals surface area contributed by atoms with Gasteiger partial charge in [-0.2, -0.15) is 0 Å². The zero-order chi connectivity index (χ0) is 14.7. The standard InChI is InChI=1S/C17H30O3/c1-10(2)8-17(5,18)15-19-9-12-13-6-11(16(13,3)4)7-14(12)20-15/h10-15,18H,6-9H2,1-5H3/t11-,12+,13+,14+,15-,17-/m1/s1. The van der Waals surface area contributed by atoms with Gasteiger partial charge in [-0.1, -0.05) is 27.7 Å². The molecule has 20 heavy (non-hydrogen) atoms. The molecule has 0 radical (unpaired) electrons. The summed E-state index contributed by atoms with van der Waals surface area (Å²) in [5, 5.41) is 10.6. The number of hydrogen-bond donors (Lipinski definition) is 1. The van der Waals surface area contributed by atoms with Gasteiger partial charge in [0.2, 0.25) is 0 Å². The van der Waals surface area contributed by atoms with Gasteiger partial charge < -0.3 is 14.6 Å². The molecule has 4 rings (SSSR count). The van der Waals surface area contributed by atoms with Crippen molar-refractivity contribution < 1.29 is 14.6 Å². The fraction of sp³-hybridized carbons (Fsp3) is 1.00. The molecule has 1 saturated heterocycles. The zero-order valence-electron chi connectivity index (χ0n) is 13.6. The molecule has 4 aliphatic rings. The Morgan fingerprint density at radius 3 is 2.60 bits per heavy atom. The summed E-state index contributed by atoms with van der Waals surface area (Å²) >= 11 is 0. The van der Waals surface area contributed by atoms with Crippen LogP contribution < -0.4 is 0 Å². The van der Waals surface area contributed by atoms with E-state index in [-0.39, 0.29) is 0 Å². The predicted molar refractivity (Wildman–Crippen MR) is 78.2 cm³/mol. The van der Waals surface area contributed by atoms with Gasteiger partial charge in [-0.25, -0.2) is 0 Å². The van der Waals surface area contributed by atoms with E-state index in [1.54, 1.807) is 0 Å². The number of aliphatic hydroxyl groups is 1. The van der Waals surface area contributed by atoms with E-state index in [1.807, 2.05) is 6.92 Å². The highest BCUT2D eigenvalue weighted by atomic mass is 16.7. The molecule has 0 spiro atoms. The van der Waals surface area contributed by atoms with Crippen molar-refractivity contribution in [3.05, 3.63) is 0 Å². The largest absolute Gasteiger partial charge is 0.385 e. The van der Waals surface area contributed by atoms with Crippen molar-refractivity contribution in [3.8, 4) is 0 Å². The monoisotopic (exact) mass is 282 g/mol. The molecule has 0 aromatic rings. The molecule has 0 aromatic heterocycles. The summed E-state index contributed by atoms with van der Waals surface area (Å²) in [5.74, 6) is 2.50. The van der Waals surface area contributed by atoms with Crippen molar-refractivity contribution in [3.63, 3.8) is 0 Å². The first-order valence-electron chi connectivity index (χ1n) is 8.21. The lowest BCUT2D eigenvalue weighted by Gasteiger charge is -2.64. The van der Waals surface area contributed by atoms with E-state index < -0.39 is 11.9 Å². The summed E-state index contributed by atoms with van der Waals surface area (Å²) in [5.41, 5.74) is -0.419. The summed E-state index contributed by atoms with van der Waals surface area (Å²) in [4.78, 5) is 0. The van der Waals surface area contributed by atoms with E-state index in [1.165, 1.54) is 6.42 Å². The molecule has 3 nitrogen and oxygen atoms in total. The van der Waals surface area contributed by atoms with E-state index in [0.717, 1.165) is 24.9 Å². The van der Waals surface area contributed by atoms with Crippen LogP contribution in [0.1, 0.15) is 53.9 Å². The molecule has 4 fully saturated rings. The third-order valence-corrected chi connectivity index (χ3v) is 6.13. The highest BCUT2D eigenvalue weighted by Crippen LogP contribution is 2.62. The van der Waals surface area contributed by atoms with Crippen LogP contribution in [0.5, 0.6) is 0 Å². The van der Waals surface area contributed by atoms with Crippen LogP contribution in [0.2, 0.25) is 0 Å². The van der Waals surface area contributed by atoms with E-state index in [2.05, 4.69) is 27.7 Å². The van der Waals surface area contributed by atoms with Crippen LogP contribution in [-0.4, -0.2) is 29.7 Å². The van der Waals surface area contributed by atoms with Crippen LogP contribution in [0.3, 0.4) is 0 Å². The average molecular weight is 282 g/mol. The van der Waals surface area contributed by atoms with Crippen molar-refractivity contribution in [1.29, 1.82) is 0 Å². The molecule has 0 unspecified atom stereocenters. The fourth-order valence-electron chi connectivity index (χ4n) is 4.92. The molecule has 3 heteroatoms. The first kappa shape index (κ1) is 14.8. The van der Waals surface area contributed by atoms with Gasteiger partial charge in [0.1, 0.15) is 5.60 Å². The van der Waals surface area contributed by atoms with Crippen molar-refractivity contribution in [2.75, 3.05) is 6.61 Å². The SMILES string of the molecule is CC(C)C[C@@](C)(O)[C@@H]1OC[C@@H]2[C@H](C[C@H]3C[C@@H]2C3(C)C)O1. The summed E-state index contributed by atoms with van der Waals surface area (Å²) in [6.45, 7) is 11.6. The Kier molecular flexibility index (Phi) is 3.47. The molecule has 6 atom stereocenters. The minimum atomic E-state index is -0.879. The van der Waals surface area contributed by atoms with Gasteiger partial charge in [0.25, 0.3) is 0 Å². The van der Waals surface area contributed by atoms with E-state index in [9.17, 15) is 5.11 Å². The Hall–Kier alpha value is -0.120. The molecule has 116 valence electrons. The normalized spacial score (nSPS) is 45.5. The summed E-state index contributed by atoms with van der Waals surface area (Å²) in [7, 11) is 0. The van der Waals surface area contributed by atoms with Crippen molar-refractivity contribution in [1.82, 2.24) is 0 Å². The smallest absolute Gasteiger partial charge is 0.186 e. The van der Waals surface area contributed by atoms with Crippen molar-refractivity contribution in [2.24, 2.45) is 29.1 Å². The third-order valence-electron chi connectivity index (χ3n) is 6.13. The fourth-order valence-corrected chi connectivity index (χ4v) is 4.92. The Bertz CT molecular complexity index is 374. The molecular formula is C17H30O3. The molecule has 1 N–H and O–H groups in total. The van der Waals surface area contributed by atoms with Crippen LogP contribution in [0.15, 0.2) is 0 Å². The Morgan fingerprint density at radius 1 is 1.30 bits per heavy atom. The summed E-state index contributed by atoms with van der Waals surface area (Å²) in [6, 6.07) is 0. The second-order valence-corrected chi connectivity index (χ2v) is 8.55. The van der Waals surface area contributed by atoms with Gasteiger partial charge in [0.15, 0.2) is 6.29 Å². The van der Waals surface area contributed by atoms with Crippen LogP contribution in [0.25, 0.3) is 0 Å². The first-order chi connectivity index (χ1) is 9.22. The van der Waals surface area contributed by atoms with Crippen molar-refractivity contribution in [2.45, 2.75) is 71.9 Å². The number of ether oxygens (including phenoxy) is 2. The molecular weight excluding hydrogens is 252 g/mol. The summed E-state index contributed by atoms with van der Waals surface area (Å²) in [6.07, 6.45) is 3.04. The van der Waals surface area contributed by atoms with E-state index >= 15 is 0 Å². The minimum Gasteiger partial charge on any atom is -0.385 e. The Labute approximate surface area is 123 Å². The quantitative estimate of drug-likeness (QED) is 0.864. The summed E-state index contributed by atoms with van der Waals surface area (Å²) < 4.78 is 12.1. The van der Waals surface area contributed by atoms with Gasteiger partial charge in [0.05, 0.1) is 12.7 Å². The lowest BCUT2D eigenvalue weighted by Crippen LogP contribution is -2.63. The molecule has 3 saturated carbocycles. The molecule has 3 aliphatic carbocycles. The second-order valence-electron chi connectivity index (χ2n) is 8.55. The zero-order valence-corrected chi connectivity index (χ0v) is 13.6. The Morgan fingerprint density at radius 2 is 2.00 bits per heavy atom. The number of rotatable bonds is 3. The lowest BCUT2D eigenvalue weighted by atomic mass is 9.45. The molecule has 0 aromatic carbocycles. The maximum absolute atomic E-state index is 10.6. The highest BCUT2D eigenvalue weighted by molar-refractivity contribution is 5.07. The topological polar surface area (TPSA) is 38.7 Å². The highest BCUT2D eigenvalue weighted by Gasteiger charge is 2.60. The minimum absolute atomic E-state index is 0.296. The predicted octanol–water partition coefficient (Wildman–Crippen LogP) is 3.21. The van der Waals surface area contributed by atoms with Crippen LogP contribution in [0, 0.1) is 29.1 Å². The lowest BCUT2D eigenvalue weighted by molar-refractivity contribution is -0.335. The van der Waals surface area contributed by atoms with E-state index in [4.69, 9.17) is 9.47 Å². The van der Waals surface area contributed by atoms with Gasteiger partial charge >= 0.3 is 0 Å². The maximum Gasteiger partial charge on any atom is 0.186 e. The van der Waals surface area contributed by atoms with Crippen LogP contribution in [0.4, 0.5) is 0 Å². The first-order valence-corrected chi connectivity index (χ1v) is 8.21. The average Bonchev–Trinajstić information content (AvgIpc) is 2.35.